The van der Waals surface area contributed by atoms with Crippen LogP contribution in [-0.4, -0.2) is 40.1 Å². The zero-order valence-electron chi connectivity index (χ0n) is 20.9. The van der Waals surface area contributed by atoms with E-state index in [0.29, 0.717) is 0 Å². The number of carboxylic acid groups (broad SMARTS) is 1. The smallest absolute Gasteiger partial charge is 0.487 e. The van der Waals surface area contributed by atoms with Crippen LogP contribution in [0.3, 0.4) is 0 Å². The van der Waals surface area contributed by atoms with E-state index in [-0.39, 0.29) is 57.1 Å². The van der Waals surface area contributed by atoms with Gasteiger partial charge in [-0.2, -0.15) is 5.10 Å². The largest absolute Gasteiger partial charge is 0.586 e. The molecule has 0 aliphatic carbocycles. The number of hydrogen-bond donors (Lipinski definition) is 1. The first kappa shape index (κ1) is 27.8. The number of amides is 1. The maximum Gasteiger partial charge on any atom is 0.586 e. The molecule has 14 heteroatoms. The summed E-state index contributed by atoms with van der Waals surface area (Å²) >= 11 is 6.24. The molecule has 0 spiro atoms. The maximum atomic E-state index is 13.7. The van der Waals surface area contributed by atoms with Crippen molar-refractivity contribution in [1.82, 2.24) is 9.78 Å². The van der Waals surface area contributed by atoms with Gasteiger partial charge in [0.25, 0.3) is 12.3 Å². The Morgan fingerprint density at radius 1 is 1.05 bits per heavy atom. The molecule has 0 fully saturated rings. The molecule has 0 unspecified atom stereocenters. The van der Waals surface area contributed by atoms with Gasteiger partial charge in [-0.3, -0.25) is 4.79 Å². The van der Waals surface area contributed by atoms with Crippen molar-refractivity contribution in [3.8, 4) is 22.9 Å². The molecule has 0 radical (unpaired) electrons. The number of carboxylic acids is 1. The first-order valence-corrected chi connectivity index (χ1v) is 12.1. The topological polar surface area (TPSA) is 103 Å². The molecule has 1 amide bonds. The highest BCUT2D eigenvalue weighted by atomic mass is 35.5. The van der Waals surface area contributed by atoms with Crippen molar-refractivity contribution in [2.24, 2.45) is 0 Å². The van der Waals surface area contributed by atoms with Crippen LogP contribution in [0.15, 0.2) is 66.7 Å². The van der Waals surface area contributed by atoms with E-state index in [1.807, 2.05) is 0 Å². The van der Waals surface area contributed by atoms with Crippen LogP contribution in [0.1, 0.15) is 38.5 Å². The van der Waals surface area contributed by atoms with Crippen LogP contribution in [0.5, 0.6) is 17.2 Å². The highest BCUT2D eigenvalue weighted by Gasteiger charge is 2.43. The number of hydrogen-bond acceptors (Lipinski definition) is 6. The molecule has 0 saturated heterocycles. The molecule has 1 aromatic heterocycles. The summed E-state index contributed by atoms with van der Waals surface area (Å²) in [4.78, 5) is 25.5. The van der Waals surface area contributed by atoms with Crippen molar-refractivity contribution in [3.63, 3.8) is 0 Å². The molecule has 0 bridgehead atoms. The normalized spacial score (nSPS) is 13.3. The van der Waals surface area contributed by atoms with Gasteiger partial charge < -0.3 is 24.2 Å². The summed E-state index contributed by atoms with van der Waals surface area (Å²) in [6.07, 6.45) is -6.82. The molecule has 5 rings (SSSR count). The number of carbonyl (C=O) groups excluding carboxylic acids is 1. The minimum absolute atomic E-state index is 0.0329. The first-order valence-electron chi connectivity index (χ1n) is 11.7. The third-order valence-corrected chi connectivity index (χ3v) is 6.45. The fourth-order valence-electron chi connectivity index (χ4n) is 4.00. The second-order valence-corrected chi connectivity index (χ2v) is 9.07. The molecule has 0 saturated carbocycles. The number of anilines is 1. The van der Waals surface area contributed by atoms with E-state index in [1.54, 1.807) is 0 Å². The van der Waals surface area contributed by atoms with E-state index < -0.39 is 30.3 Å². The van der Waals surface area contributed by atoms with Crippen LogP contribution in [0.4, 0.5) is 23.2 Å². The zero-order chi connectivity index (χ0) is 29.5. The Morgan fingerprint density at radius 2 is 1.76 bits per heavy atom. The SMILES string of the molecule is CN(C(=O)c1cccc(-n2nc(C(F)F)c(Cl)c2COc2ccc(C(=O)O)cc2)c1)c1ccc2c(c1)OC(F)(F)O2. The maximum absolute atomic E-state index is 13.7. The van der Waals surface area contributed by atoms with Gasteiger partial charge in [0, 0.05) is 24.4 Å². The van der Waals surface area contributed by atoms with Crippen molar-refractivity contribution in [1.29, 1.82) is 0 Å². The van der Waals surface area contributed by atoms with Crippen LogP contribution < -0.4 is 19.1 Å². The number of benzene rings is 3. The number of carbonyl (C=O) groups is 2. The second kappa shape index (κ2) is 10.7. The molecular formula is C27H18ClF4N3O6. The van der Waals surface area contributed by atoms with Gasteiger partial charge in [0.1, 0.15) is 23.7 Å². The molecular weight excluding hydrogens is 574 g/mol. The average Bonchev–Trinajstić information content (AvgIpc) is 3.45. The van der Waals surface area contributed by atoms with E-state index in [2.05, 4.69) is 14.6 Å². The summed E-state index contributed by atoms with van der Waals surface area (Å²) in [7, 11) is 1.42. The molecule has 2 heterocycles. The summed E-state index contributed by atoms with van der Waals surface area (Å²) in [6.45, 7) is -0.315. The van der Waals surface area contributed by atoms with Crippen molar-refractivity contribution >= 4 is 29.2 Å². The number of aromatic nitrogens is 2. The van der Waals surface area contributed by atoms with E-state index in [0.717, 1.165) is 4.68 Å². The lowest BCUT2D eigenvalue weighted by atomic mass is 10.1. The third-order valence-electron chi connectivity index (χ3n) is 6.04. The molecule has 1 aliphatic heterocycles. The molecule has 1 N–H and O–H groups in total. The molecule has 41 heavy (non-hydrogen) atoms. The number of fused-ring (bicyclic) bond motifs is 1. The van der Waals surface area contributed by atoms with Crippen molar-refractivity contribution < 1.29 is 46.5 Å². The summed E-state index contributed by atoms with van der Waals surface area (Å²) in [5.74, 6) is -1.85. The van der Waals surface area contributed by atoms with Crippen LogP contribution in [0.2, 0.25) is 5.02 Å². The van der Waals surface area contributed by atoms with Gasteiger partial charge in [-0.1, -0.05) is 17.7 Å². The predicted octanol–water partition coefficient (Wildman–Crippen LogP) is 6.34. The molecule has 1 aliphatic rings. The Bertz CT molecular complexity index is 1640. The van der Waals surface area contributed by atoms with Crippen LogP contribution >= 0.6 is 11.6 Å². The van der Waals surface area contributed by atoms with E-state index in [1.165, 1.54) is 78.7 Å². The number of rotatable bonds is 8. The summed E-state index contributed by atoms with van der Waals surface area (Å²) in [5.41, 5.74) is -0.0508. The minimum atomic E-state index is -3.82. The first-order chi connectivity index (χ1) is 19.4. The Morgan fingerprint density at radius 3 is 2.44 bits per heavy atom. The lowest BCUT2D eigenvalue weighted by Gasteiger charge is -2.18. The molecule has 0 atom stereocenters. The second-order valence-electron chi connectivity index (χ2n) is 8.69. The molecule has 3 aromatic carbocycles. The Hall–Kier alpha value is -4.78. The van der Waals surface area contributed by atoms with Crippen molar-refractivity contribution in [3.05, 3.63) is 94.3 Å². The van der Waals surface area contributed by atoms with Gasteiger partial charge in [0.05, 0.1) is 16.3 Å². The van der Waals surface area contributed by atoms with Gasteiger partial charge in [0.2, 0.25) is 0 Å². The highest BCUT2D eigenvalue weighted by Crippen LogP contribution is 2.43. The van der Waals surface area contributed by atoms with Gasteiger partial charge >= 0.3 is 12.3 Å². The third kappa shape index (κ3) is 5.61. The van der Waals surface area contributed by atoms with Gasteiger partial charge in [-0.05, 0) is 54.6 Å². The molecule has 9 nitrogen and oxygen atoms in total. The van der Waals surface area contributed by atoms with E-state index in [4.69, 9.17) is 21.4 Å². The lowest BCUT2D eigenvalue weighted by Crippen LogP contribution is -2.26. The number of nitrogens with zero attached hydrogens (tertiary/aromatic N) is 3. The van der Waals surface area contributed by atoms with Crippen LogP contribution in [-0.2, 0) is 6.61 Å². The average molecular weight is 592 g/mol. The monoisotopic (exact) mass is 591 g/mol. The van der Waals surface area contributed by atoms with Crippen molar-refractivity contribution in [2.45, 2.75) is 19.3 Å². The number of halogens is 5. The van der Waals surface area contributed by atoms with E-state index in [9.17, 15) is 27.2 Å². The summed E-state index contributed by atoms with van der Waals surface area (Å²) < 4.78 is 69.7. The number of alkyl halides is 4. The van der Waals surface area contributed by atoms with E-state index >= 15 is 0 Å². The van der Waals surface area contributed by atoms with Gasteiger partial charge in [-0.25, -0.2) is 18.3 Å². The van der Waals surface area contributed by atoms with Crippen molar-refractivity contribution in [2.75, 3.05) is 11.9 Å². The Labute approximate surface area is 234 Å². The van der Waals surface area contributed by atoms with Crippen LogP contribution in [0.25, 0.3) is 5.69 Å². The lowest BCUT2D eigenvalue weighted by molar-refractivity contribution is -0.286. The Balaban J connectivity index is 1.42. The fourth-order valence-corrected chi connectivity index (χ4v) is 4.26. The predicted molar refractivity (Wildman–Crippen MR) is 137 cm³/mol. The summed E-state index contributed by atoms with van der Waals surface area (Å²) in [6, 6.07) is 15.2. The standard InChI is InChI=1S/C27H18ClF4N3O6/c1-34(16-7-10-20-21(12-16)41-27(31,32)40-20)25(36)15-3-2-4-17(11-15)35-19(22(28)23(33-35)24(29)30)13-39-18-8-5-14(6-9-18)26(37)38/h2-12,24H,13H2,1H3,(H,37,38). The molecule has 212 valence electrons. The van der Waals surface area contributed by atoms with Gasteiger partial charge in [-0.15, -0.1) is 8.78 Å². The molecule has 4 aromatic rings. The van der Waals surface area contributed by atoms with Gasteiger partial charge in [0.15, 0.2) is 11.5 Å². The Kier molecular flexibility index (Phi) is 7.22. The highest BCUT2D eigenvalue weighted by molar-refractivity contribution is 6.32. The van der Waals surface area contributed by atoms with Crippen LogP contribution in [0, 0.1) is 0 Å². The summed E-state index contributed by atoms with van der Waals surface area (Å²) in [5, 5.41) is 12.6. The minimum Gasteiger partial charge on any atom is -0.487 e. The number of ether oxygens (including phenoxy) is 3. The number of aromatic carboxylic acids is 1. The fraction of sp³-hybridized carbons (Fsp3) is 0.148. The zero-order valence-corrected chi connectivity index (χ0v) is 21.6. The quantitative estimate of drug-likeness (QED) is 0.239.